The number of anilines is 1. The number of carbonyl (C=O) groups excluding carboxylic acids is 1. The quantitative estimate of drug-likeness (QED) is 0.837. The first-order chi connectivity index (χ1) is 8.08. The molecule has 0 aliphatic heterocycles. The molecule has 1 aromatic rings. The van der Waals surface area contributed by atoms with Crippen molar-refractivity contribution < 1.29 is 9.53 Å². The highest BCUT2D eigenvalue weighted by Gasteiger charge is 2.18. The predicted molar refractivity (Wildman–Crippen MR) is 77.1 cm³/mol. The SMILES string of the molecule is CC(C)(C)OC(=O)Nc1ccc([Si](C)(C)C)cn1. The number of hydrogen-bond donors (Lipinski definition) is 1. The number of hydrogen-bond acceptors (Lipinski definition) is 3. The number of rotatable bonds is 2. The zero-order chi connectivity index (χ0) is 14.0. The summed E-state index contributed by atoms with van der Waals surface area (Å²) in [5.41, 5.74) is -0.498. The van der Waals surface area contributed by atoms with E-state index in [-0.39, 0.29) is 0 Å². The molecular weight excluding hydrogens is 244 g/mol. The van der Waals surface area contributed by atoms with Gasteiger partial charge in [0, 0.05) is 6.20 Å². The molecule has 4 nitrogen and oxygen atoms in total. The molecule has 0 saturated carbocycles. The lowest BCUT2D eigenvalue weighted by molar-refractivity contribution is 0.0635. The fourth-order valence-electron chi connectivity index (χ4n) is 1.32. The van der Waals surface area contributed by atoms with Crippen molar-refractivity contribution >= 4 is 25.2 Å². The monoisotopic (exact) mass is 266 g/mol. The number of carbonyl (C=O) groups is 1. The van der Waals surface area contributed by atoms with Crippen molar-refractivity contribution in [2.75, 3.05) is 5.32 Å². The molecule has 1 amide bonds. The van der Waals surface area contributed by atoms with Crippen LogP contribution in [0.25, 0.3) is 0 Å². The molecule has 1 N–H and O–H groups in total. The number of amides is 1. The van der Waals surface area contributed by atoms with Gasteiger partial charge in [-0.25, -0.2) is 9.78 Å². The van der Waals surface area contributed by atoms with E-state index in [9.17, 15) is 4.79 Å². The summed E-state index contributed by atoms with van der Waals surface area (Å²) < 4.78 is 5.16. The highest BCUT2D eigenvalue weighted by Crippen LogP contribution is 2.10. The number of nitrogens with zero attached hydrogens (tertiary/aromatic N) is 1. The Morgan fingerprint density at radius 1 is 1.28 bits per heavy atom. The molecule has 0 fully saturated rings. The highest BCUT2D eigenvalue weighted by molar-refractivity contribution is 6.88. The Morgan fingerprint density at radius 2 is 1.89 bits per heavy atom. The summed E-state index contributed by atoms with van der Waals surface area (Å²) in [4.78, 5) is 15.8. The van der Waals surface area contributed by atoms with E-state index in [0.717, 1.165) is 0 Å². The zero-order valence-electron chi connectivity index (χ0n) is 12.0. The summed E-state index contributed by atoms with van der Waals surface area (Å²) in [6.07, 6.45) is 1.36. The third-order valence-electron chi connectivity index (χ3n) is 2.26. The second-order valence-corrected chi connectivity index (χ2v) is 11.4. The van der Waals surface area contributed by atoms with Crippen molar-refractivity contribution in [2.45, 2.75) is 46.0 Å². The summed E-state index contributed by atoms with van der Waals surface area (Å²) >= 11 is 0. The van der Waals surface area contributed by atoms with E-state index in [0.29, 0.717) is 5.82 Å². The van der Waals surface area contributed by atoms with Gasteiger partial charge in [0.05, 0.1) is 8.07 Å². The van der Waals surface area contributed by atoms with Crippen LogP contribution in [0.5, 0.6) is 0 Å². The summed E-state index contributed by atoms with van der Waals surface area (Å²) in [7, 11) is -1.34. The van der Waals surface area contributed by atoms with Gasteiger partial charge in [-0.2, -0.15) is 0 Å². The minimum atomic E-state index is -1.34. The average Bonchev–Trinajstić information content (AvgIpc) is 2.13. The van der Waals surface area contributed by atoms with Gasteiger partial charge in [0.15, 0.2) is 0 Å². The first-order valence-corrected chi connectivity index (χ1v) is 9.54. The van der Waals surface area contributed by atoms with Crippen molar-refractivity contribution in [1.29, 1.82) is 0 Å². The molecule has 0 atom stereocenters. The molecule has 0 aliphatic carbocycles. The fourth-order valence-corrected chi connectivity index (χ4v) is 2.35. The Hall–Kier alpha value is -1.36. The van der Waals surface area contributed by atoms with E-state index >= 15 is 0 Å². The van der Waals surface area contributed by atoms with Gasteiger partial charge in [-0.05, 0) is 32.0 Å². The number of ether oxygens (including phenoxy) is 1. The maximum atomic E-state index is 11.5. The summed E-state index contributed by atoms with van der Waals surface area (Å²) in [6.45, 7) is 12.2. The lowest BCUT2D eigenvalue weighted by Gasteiger charge is -2.20. The highest BCUT2D eigenvalue weighted by atomic mass is 28.3. The van der Waals surface area contributed by atoms with Gasteiger partial charge in [-0.3, -0.25) is 5.32 Å². The Labute approximate surface area is 110 Å². The zero-order valence-corrected chi connectivity index (χ0v) is 13.0. The maximum absolute atomic E-state index is 11.5. The molecule has 1 aromatic heterocycles. The maximum Gasteiger partial charge on any atom is 0.413 e. The molecule has 0 aromatic carbocycles. The molecule has 100 valence electrons. The van der Waals surface area contributed by atoms with Crippen LogP contribution in [0.4, 0.5) is 10.6 Å². The lowest BCUT2D eigenvalue weighted by Crippen LogP contribution is -2.37. The van der Waals surface area contributed by atoms with Crippen molar-refractivity contribution in [3.63, 3.8) is 0 Å². The van der Waals surface area contributed by atoms with Crippen LogP contribution in [0.15, 0.2) is 18.3 Å². The third kappa shape index (κ3) is 4.87. The first-order valence-electron chi connectivity index (χ1n) is 6.04. The van der Waals surface area contributed by atoms with Gasteiger partial charge in [0.1, 0.15) is 11.4 Å². The number of nitrogens with one attached hydrogen (secondary N) is 1. The molecule has 0 unspecified atom stereocenters. The van der Waals surface area contributed by atoms with E-state index in [4.69, 9.17) is 4.74 Å². The topological polar surface area (TPSA) is 51.2 Å². The van der Waals surface area contributed by atoms with E-state index in [1.165, 1.54) is 5.19 Å². The Bertz CT molecular complexity index is 416. The summed E-state index contributed by atoms with van der Waals surface area (Å²) in [5.74, 6) is 0.520. The third-order valence-corrected chi connectivity index (χ3v) is 4.29. The molecule has 0 saturated heterocycles. The standard InChI is InChI=1S/C13H22N2O2Si/c1-13(2,3)17-12(16)15-11-8-7-10(9-14-11)18(4,5)6/h7-9H,1-6H3,(H,14,15,16). The Balaban J connectivity index is 2.67. The summed E-state index contributed by atoms with van der Waals surface area (Å²) in [6, 6.07) is 3.84. The van der Waals surface area contributed by atoms with Crippen LogP contribution in [0.3, 0.4) is 0 Å². The Kier molecular flexibility index (Phi) is 4.16. The van der Waals surface area contributed by atoms with Crippen LogP contribution in [0.2, 0.25) is 19.6 Å². The molecule has 0 radical (unpaired) electrons. The normalized spacial score (nSPS) is 12.1. The van der Waals surface area contributed by atoms with Crippen molar-refractivity contribution in [3.8, 4) is 0 Å². The van der Waals surface area contributed by atoms with Crippen LogP contribution < -0.4 is 10.5 Å². The van der Waals surface area contributed by atoms with Crippen molar-refractivity contribution in [3.05, 3.63) is 18.3 Å². The van der Waals surface area contributed by atoms with Gasteiger partial charge >= 0.3 is 6.09 Å². The molecular formula is C13H22N2O2Si. The van der Waals surface area contributed by atoms with Gasteiger partial charge in [-0.1, -0.05) is 25.7 Å². The molecule has 0 spiro atoms. The van der Waals surface area contributed by atoms with Crippen molar-refractivity contribution in [2.24, 2.45) is 0 Å². The van der Waals surface area contributed by atoms with Crippen LogP contribution in [-0.2, 0) is 4.74 Å². The predicted octanol–water partition coefficient (Wildman–Crippen LogP) is 2.97. The fraction of sp³-hybridized carbons (Fsp3) is 0.538. The Morgan fingerprint density at radius 3 is 2.28 bits per heavy atom. The molecule has 0 bridgehead atoms. The first kappa shape index (κ1) is 14.7. The minimum absolute atomic E-state index is 0.476. The van der Waals surface area contributed by atoms with Crippen LogP contribution in [0, 0.1) is 0 Å². The second kappa shape index (κ2) is 5.10. The largest absolute Gasteiger partial charge is 0.444 e. The molecule has 1 rings (SSSR count). The van der Waals surface area contributed by atoms with E-state index in [1.54, 1.807) is 0 Å². The van der Waals surface area contributed by atoms with Gasteiger partial charge in [0.2, 0.25) is 0 Å². The van der Waals surface area contributed by atoms with Crippen LogP contribution in [0.1, 0.15) is 20.8 Å². The average molecular weight is 266 g/mol. The smallest absolute Gasteiger partial charge is 0.413 e. The van der Waals surface area contributed by atoms with Gasteiger partial charge < -0.3 is 4.74 Å². The molecule has 5 heteroatoms. The second-order valence-electron chi connectivity index (χ2n) is 6.31. The molecule has 1 heterocycles. The molecule has 0 aliphatic rings. The van der Waals surface area contributed by atoms with Crippen molar-refractivity contribution in [1.82, 2.24) is 4.98 Å². The van der Waals surface area contributed by atoms with Crippen LogP contribution in [-0.4, -0.2) is 24.8 Å². The van der Waals surface area contributed by atoms with E-state index in [1.807, 2.05) is 39.1 Å². The van der Waals surface area contributed by atoms with Crippen LogP contribution >= 0.6 is 0 Å². The number of aromatic nitrogens is 1. The van der Waals surface area contributed by atoms with Gasteiger partial charge in [0.25, 0.3) is 0 Å². The number of pyridine rings is 1. The minimum Gasteiger partial charge on any atom is -0.444 e. The van der Waals surface area contributed by atoms with E-state index in [2.05, 4.69) is 29.9 Å². The molecule has 18 heavy (non-hydrogen) atoms. The van der Waals surface area contributed by atoms with Gasteiger partial charge in [-0.15, -0.1) is 0 Å². The summed E-state index contributed by atoms with van der Waals surface area (Å²) in [5, 5.41) is 3.88. The lowest BCUT2D eigenvalue weighted by atomic mass is 10.2. The van der Waals surface area contributed by atoms with E-state index < -0.39 is 19.8 Å².